The van der Waals surface area contributed by atoms with Crippen LogP contribution in [0.3, 0.4) is 0 Å². The fraction of sp³-hybridized carbons (Fsp3) is 0.385. The molecular weight excluding hydrogens is 220 g/mol. The number of carboxylic acids is 1. The Hall–Kier alpha value is -1.84. The lowest BCUT2D eigenvalue weighted by atomic mass is 10.2. The van der Waals surface area contributed by atoms with Crippen molar-refractivity contribution in [2.75, 3.05) is 0 Å². The monoisotopic (exact) mass is 234 g/mol. The second kappa shape index (κ2) is 4.99. The zero-order valence-electron chi connectivity index (χ0n) is 9.33. The summed E-state index contributed by atoms with van der Waals surface area (Å²) in [6.07, 6.45) is 0.805. The van der Waals surface area contributed by atoms with E-state index in [1.165, 1.54) is 0 Å². The van der Waals surface area contributed by atoms with Gasteiger partial charge in [-0.3, -0.25) is 9.59 Å². The standard InChI is InChI=1S/C13H14O4/c14-12(7-10-6-11(10)13(15)16)17-8-9-4-2-1-3-5-9/h1-5,10-11H,6-8H2,(H,15,16)/t10-,11+/m0/s1. The molecule has 0 radical (unpaired) electrons. The molecule has 17 heavy (non-hydrogen) atoms. The van der Waals surface area contributed by atoms with Gasteiger partial charge in [0.1, 0.15) is 6.61 Å². The summed E-state index contributed by atoms with van der Waals surface area (Å²) in [4.78, 5) is 22.0. The lowest BCUT2D eigenvalue weighted by Crippen LogP contribution is -2.08. The van der Waals surface area contributed by atoms with Crippen LogP contribution in [0.15, 0.2) is 30.3 Å². The van der Waals surface area contributed by atoms with E-state index in [-0.39, 0.29) is 30.8 Å². The Balaban J connectivity index is 1.71. The maximum absolute atomic E-state index is 11.4. The first kappa shape index (κ1) is 11.6. The molecule has 0 unspecified atom stereocenters. The van der Waals surface area contributed by atoms with Crippen molar-refractivity contribution in [2.24, 2.45) is 11.8 Å². The highest BCUT2D eigenvalue weighted by molar-refractivity contribution is 5.76. The molecule has 0 saturated heterocycles. The van der Waals surface area contributed by atoms with Crippen molar-refractivity contribution in [1.82, 2.24) is 0 Å². The summed E-state index contributed by atoms with van der Waals surface area (Å²) in [5, 5.41) is 8.69. The quantitative estimate of drug-likeness (QED) is 0.789. The fourth-order valence-corrected chi connectivity index (χ4v) is 1.79. The number of ether oxygens (including phenoxy) is 1. The first-order valence-electron chi connectivity index (χ1n) is 5.59. The summed E-state index contributed by atoms with van der Waals surface area (Å²) in [6.45, 7) is 0.254. The zero-order chi connectivity index (χ0) is 12.3. The molecule has 1 N–H and O–H groups in total. The van der Waals surface area contributed by atoms with Crippen molar-refractivity contribution < 1.29 is 19.4 Å². The number of carbonyl (C=O) groups excluding carboxylic acids is 1. The van der Waals surface area contributed by atoms with Gasteiger partial charge < -0.3 is 9.84 Å². The van der Waals surface area contributed by atoms with Crippen molar-refractivity contribution in [1.29, 1.82) is 0 Å². The van der Waals surface area contributed by atoms with E-state index in [1.54, 1.807) is 0 Å². The van der Waals surface area contributed by atoms with Crippen LogP contribution in [-0.4, -0.2) is 17.0 Å². The van der Waals surface area contributed by atoms with Crippen LogP contribution < -0.4 is 0 Å². The number of carboxylic acid groups (broad SMARTS) is 1. The molecule has 1 saturated carbocycles. The number of esters is 1. The molecule has 2 atom stereocenters. The van der Waals surface area contributed by atoms with Crippen LogP contribution in [0.4, 0.5) is 0 Å². The molecule has 1 fully saturated rings. The number of aliphatic carboxylic acids is 1. The largest absolute Gasteiger partial charge is 0.481 e. The minimum absolute atomic E-state index is 0.0317. The lowest BCUT2D eigenvalue weighted by molar-refractivity contribution is -0.145. The molecular formula is C13H14O4. The van der Waals surface area contributed by atoms with Crippen LogP contribution >= 0.6 is 0 Å². The topological polar surface area (TPSA) is 63.6 Å². The molecule has 1 aliphatic carbocycles. The Bertz CT molecular complexity index is 413. The van der Waals surface area contributed by atoms with E-state index in [9.17, 15) is 9.59 Å². The molecule has 0 aliphatic heterocycles. The summed E-state index contributed by atoms with van der Waals surface area (Å²) in [5.74, 6) is -1.51. The lowest BCUT2D eigenvalue weighted by Gasteiger charge is -2.04. The Morgan fingerprint density at radius 1 is 1.29 bits per heavy atom. The predicted molar refractivity (Wildman–Crippen MR) is 60.1 cm³/mol. The molecule has 2 rings (SSSR count). The van der Waals surface area contributed by atoms with Gasteiger partial charge in [0.25, 0.3) is 0 Å². The first-order chi connectivity index (χ1) is 8.16. The van der Waals surface area contributed by atoms with Gasteiger partial charge in [0, 0.05) is 6.42 Å². The molecule has 0 bridgehead atoms. The minimum Gasteiger partial charge on any atom is -0.481 e. The average molecular weight is 234 g/mol. The molecule has 1 aliphatic rings. The molecule has 0 spiro atoms. The Kier molecular flexibility index (Phi) is 3.42. The zero-order valence-corrected chi connectivity index (χ0v) is 9.33. The second-order valence-corrected chi connectivity index (χ2v) is 4.29. The van der Waals surface area contributed by atoms with Crippen molar-refractivity contribution in [3.8, 4) is 0 Å². The molecule has 4 nitrogen and oxygen atoms in total. The summed E-state index contributed by atoms with van der Waals surface area (Å²) in [6, 6.07) is 9.41. The number of benzene rings is 1. The Labute approximate surface area is 99.2 Å². The molecule has 90 valence electrons. The molecule has 1 aromatic rings. The third-order valence-corrected chi connectivity index (χ3v) is 2.91. The van der Waals surface area contributed by atoms with Crippen LogP contribution in [0.1, 0.15) is 18.4 Å². The van der Waals surface area contributed by atoms with Gasteiger partial charge in [-0.15, -0.1) is 0 Å². The average Bonchev–Trinajstić information content (AvgIpc) is 3.07. The highest BCUT2D eigenvalue weighted by Crippen LogP contribution is 2.41. The van der Waals surface area contributed by atoms with Gasteiger partial charge in [-0.05, 0) is 17.9 Å². The Morgan fingerprint density at radius 3 is 2.59 bits per heavy atom. The highest BCUT2D eigenvalue weighted by Gasteiger charge is 2.44. The first-order valence-corrected chi connectivity index (χ1v) is 5.59. The number of hydrogen-bond donors (Lipinski definition) is 1. The summed E-state index contributed by atoms with van der Waals surface area (Å²) < 4.78 is 5.08. The second-order valence-electron chi connectivity index (χ2n) is 4.29. The van der Waals surface area contributed by atoms with Gasteiger partial charge in [0.15, 0.2) is 0 Å². The summed E-state index contributed by atoms with van der Waals surface area (Å²) >= 11 is 0. The van der Waals surface area contributed by atoms with Gasteiger partial charge in [0.05, 0.1) is 5.92 Å². The van der Waals surface area contributed by atoms with E-state index >= 15 is 0 Å². The molecule has 1 aromatic carbocycles. The van der Waals surface area contributed by atoms with Crippen molar-refractivity contribution in [3.05, 3.63) is 35.9 Å². The minimum atomic E-state index is -0.814. The molecule has 4 heteroatoms. The van der Waals surface area contributed by atoms with Gasteiger partial charge in [-0.2, -0.15) is 0 Å². The van der Waals surface area contributed by atoms with E-state index in [1.807, 2.05) is 30.3 Å². The number of hydrogen-bond acceptors (Lipinski definition) is 3. The smallest absolute Gasteiger partial charge is 0.306 e. The van der Waals surface area contributed by atoms with Gasteiger partial charge in [0.2, 0.25) is 0 Å². The summed E-state index contributed by atoms with van der Waals surface area (Å²) in [7, 11) is 0. The predicted octanol–water partition coefficient (Wildman–Crippen LogP) is 1.84. The van der Waals surface area contributed by atoms with Crippen LogP contribution in [0.25, 0.3) is 0 Å². The number of carbonyl (C=O) groups is 2. The number of rotatable bonds is 5. The fourth-order valence-electron chi connectivity index (χ4n) is 1.79. The van der Waals surface area contributed by atoms with Crippen molar-refractivity contribution in [2.45, 2.75) is 19.4 Å². The van der Waals surface area contributed by atoms with Gasteiger partial charge >= 0.3 is 11.9 Å². The van der Waals surface area contributed by atoms with Crippen molar-refractivity contribution in [3.63, 3.8) is 0 Å². The summed E-state index contributed by atoms with van der Waals surface area (Å²) in [5.41, 5.74) is 0.937. The van der Waals surface area contributed by atoms with Gasteiger partial charge in [-0.25, -0.2) is 0 Å². The van der Waals surface area contributed by atoms with Crippen LogP contribution in [0.2, 0.25) is 0 Å². The maximum atomic E-state index is 11.4. The normalized spacial score (nSPS) is 21.9. The van der Waals surface area contributed by atoms with Crippen LogP contribution in [0.5, 0.6) is 0 Å². The van der Waals surface area contributed by atoms with E-state index in [2.05, 4.69) is 0 Å². The molecule has 0 heterocycles. The van der Waals surface area contributed by atoms with Crippen LogP contribution in [0, 0.1) is 11.8 Å². The SMILES string of the molecule is O=C(C[C@@H]1C[C@H]1C(=O)O)OCc1ccccc1. The third-order valence-electron chi connectivity index (χ3n) is 2.91. The van der Waals surface area contributed by atoms with Crippen molar-refractivity contribution >= 4 is 11.9 Å². The van der Waals surface area contributed by atoms with E-state index < -0.39 is 5.97 Å². The highest BCUT2D eigenvalue weighted by atomic mass is 16.5. The van der Waals surface area contributed by atoms with E-state index in [4.69, 9.17) is 9.84 Å². The molecule has 0 aromatic heterocycles. The van der Waals surface area contributed by atoms with E-state index in [0.29, 0.717) is 6.42 Å². The maximum Gasteiger partial charge on any atom is 0.306 e. The van der Waals surface area contributed by atoms with Gasteiger partial charge in [-0.1, -0.05) is 30.3 Å². The van der Waals surface area contributed by atoms with Crippen LogP contribution in [-0.2, 0) is 20.9 Å². The third kappa shape index (κ3) is 3.31. The Morgan fingerprint density at radius 2 is 2.00 bits per heavy atom. The molecule has 0 amide bonds. The van der Waals surface area contributed by atoms with E-state index in [0.717, 1.165) is 5.56 Å².